The van der Waals surface area contributed by atoms with E-state index in [0.29, 0.717) is 23.3 Å². The van der Waals surface area contributed by atoms with Crippen molar-refractivity contribution in [3.8, 4) is 0 Å². The highest BCUT2D eigenvalue weighted by molar-refractivity contribution is 5.95. The number of aryl methyl sites for hydroxylation is 1. The number of hydrogen-bond donors (Lipinski definition) is 2. The molecule has 1 aromatic rings. The largest absolute Gasteiger partial charge is 0.396 e. The molecule has 1 amide bonds. The fraction of sp³-hybridized carbons (Fsp3) is 0.778. The summed E-state index contributed by atoms with van der Waals surface area (Å²) in [6.07, 6.45) is 6.28. The molecule has 128 valence electrons. The monoisotopic (exact) mass is 319 g/mol. The van der Waals surface area contributed by atoms with Gasteiger partial charge in [-0.05, 0) is 50.4 Å². The molecule has 0 spiro atoms. The Kier molecular flexibility index (Phi) is 4.76. The number of nitrogens with one attached hydrogen (secondary N) is 1. The van der Waals surface area contributed by atoms with E-state index in [9.17, 15) is 9.90 Å². The number of amides is 1. The van der Waals surface area contributed by atoms with E-state index in [1.807, 2.05) is 11.6 Å². The van der Waals surface area contributed by atoms with Crippen molar-refractivity contribution >= 4 is 5.91 Å². The number of aromatic nitrogens is 2. The normalized spacial score (nSPS) is 29.4. The first-order valence-electron chi connectivity index (χ1n) is 8.95. The maximum absolute atomic E-state index is 12.7. The van der Waals surface area contributed by atoms with Gasteiger partial charge in [0.2, 0.25) is 0 Å². The van der Waals surface area contributed by atoms with Crippen molar-refractivity contribution in [2.45, 2.75) is 59.0 Å². The zero-order valence-corrected chi connectivity index (χ0v) is 14.5. The summed E-state index contributed by atoms with van der Waals surface area (Å²) in [5.74, 6) is 1.95. The molecular formula is C18H29N3O2. The molecule has 2 bridgehead atoms. The molecule has 5 nitrogen and oxygen atoms in total. The number of hydrogen-bond acceptors (Lipinski definition) is 3. The Morgan fingerprint density at radius 2 is 2.17 bits per heavy atom. The molecule has 2 N–H and O–H groups in total. The van der Waals surface area contributed by atoms with Crippen LogP contribution in [-0.2, 0) is 6.54 Å². The molecule has 1 heterocycles. The van der Waals surface area contributed by atoms with E-state index in [1.54, 1.807) is 6.20 Å². The molecule has 23 heavy (non-hydrogen) atoms. The quantitative estimate of drug-likeness (QED) is 0.846. The number of aliphatic hydroxyl groups is 1. The number of rotatable bonds is 6. The van der Waals surface area contributed by atoms with Crippen LogP contribution < -0.4 is 5.32 Å². The average molecular weight is 319 g/mol. The van der Waals surface area contributed by atoms with Crippen molar-refractivity contribution in [3.05, 3.63) is 17.5 Å². The van der Waals surface area contributed by atoms with Crippen LogP contribution in [0.3, 0.4) is 0 Å². The Bertz CT molecular complexity index is 567. The van der Waals surface area contributed by atoms with E-state index in [0.717, 1.165) is 25.1 Å². The van der Waals surface area contributed by atoms with Gasteiger partial charge in [0, 0.05) is 30.8 Å². The Labute approximate surface area is 138 Å². The highest BCUT2D eigenvalue weighted by Gasteiger charge is 2.47. The van der Waals surface area contributed by atoms with E-state index in [-0.39, 0.29) is 24.5 Å². The molecule has 0 aliphatic heterocycles. The van der Waals surface area contributed by atoms with Crippen LogP contribution in [0, 0.1) is 30.6 Å². The standard InChI is InChI=1S/C18H29N3O2/c1-11(2)6-7-21-12(3)15(9-19-21)18(23)20-17-14-5-4-13(8-14)16(17)10-22/h9,11,13-14,16-17,22H,4-8,10H2,1-3H3,(H,20,23). The minimum absolute atomic E-state index is 0.0331. The molecule has 0 aromatic carbocycles. The van der Waals surface area contributed by atoms with Crippen LogP contribution in [0.15, 0.2) is 6.20 Å². The van der Waals surface area contributed by atoms with Gasteiger partial charge >= 0.3 is 0 Å². The lowest BCUT2D eigenvalue weighted by atomic mass is 9.85. The van der Waals surface area contributed by atoms with Crippen LogP contribution >= 0.6 is 0 Å². The molecule has 0 saturated heterocycles. The zero-order chi connectivity index (χ0) is 16.6. The summed E-state index contributed by atoms with van der Waals surface area (Å²) in [6.45, 7) is 7.38. The van der Waals surface area contributed by atoms with Gasteiger partial charge in [-0.3, -0.25) is 9.48 Å². The number of fused-ring (bicyclic) bond motifs is 2. The maximum atomic E-state index is 12.7. The SMILES string of the molecule is Cc1c(C(=O)NC2C3CCC(C3)C2CO)cnn1CCC(C)C. The fourth-order valence-corrected chi connectivity index (χ4v) is 4.40. The average Bonchev–Trinajstić information content (AvgIpc) is 3.19. The molecule has 1 aromatic heterocycles. The van der Waals surface area contributed by atoms with Crippen molar-refractivity contribution in [2.24, 2.45) is 23.7 Å². The molecule has 0 radical (unpaired) electrons. The topological polar surface area (TPSA) is 67.2 Å². The molecule has 2 saturated carbocycles. The summed E-state index contributed by atoms with van der Waals surface area (Å²) in [4.78, 5) is 12.7. The highest BCUT2D eigenvalue weighted by atomic mass is 16.3. The minimum Gasteiger partial charge on any atom is -0.396 e. The summed E-state index contributed by atoms with van der Waals surface area (Å²) in [6, 6.07) is 0.129. The Hall–Kier alpha value is -1.36. The molecular weight excluding hydrogens is 290 g/mol. The molecule has 2 aliphatic rings. The third kappa shape index (κ3) is 3.16. The first kappa shape index (κ1) is 16.5. The summed E-state index contributed by atoms with van der Waals surface area (Å²) in [5.41, 5.74) is 1.61. The summed E-state index contributed by atoms with van der Waals surface area (Å²) in [5, 5.41) is 17.2. The van der Waals surface area contributed by atoms with E-state index in [2.05, 4.69) is 24.3 Å². The highest BCUT2D eigenvalue weighted by Crippen LogP contribution is 2.48. The van der Waals surface area contributed by atoms with Gasteiger partial charge in [0.25, 0.3) is 5.91 Å². The van der Waals surface area contributed by atoms with E-state index in [1.165, 1.54) is 12.8 Å². The first-order chi connectivity index (χ1) is 11.0. The van der Waals surface area contributed by atoms with Gasteiger partial charge in [-0.15, -0.1) is 0 Å². The number of nitrogens with zero attached hydrogens (tertiary/aromatic N) is 2. The molecule has 2 aliphatic carbocycles. The second-order valence-corrected chi connectivity index (χ2v) is 7.73. The van der Waals surface area contributed by atoms with Crippen molar-refractivity contribution < 1.29 is 9.90 Å². The number of carbonyl (C=O) groups excluding carboxylic acids is 1. The molecule has 2 fully saturated rings. The van der Waals surface area contributed by atoms with Crippen molar-refractivity contribution in [1.29, 1.82) is 0 Å². The van der Waals surface area contributed by atoms with Crippen LogP contribution in [0.5, 0.6) is 0 Å². The molecule has 4 unspecified atom stereocenters. The maximum Gasteiger partial charge on any atom is 0.254 e. The molecule has 3 rings (SSSR count). The lowest BCUT2D eigenvalue weighted by Gasteiger charge is -2.30. The van der Waals surface area contributed by atoms with Crippen LogP contribution in [0.2, 0.25) is 0 Å². The van der Waals surface area contributed by atoms with Crippen LogP contribution in [0.4, 0.5) is 0 Å². The lowest BCUT2D eigenvalue weighted by Crippen LogP contribution is -2.45. The minimum atomic E-state index is -0.0331. The van der Waals surface area contributed by atoms with Crippen LogP contribution in [-0.4, -0.2) is 33.4 Å². The van der Waals surface area contributed by atoms with Gasteiger partial charge in [0.1, 0.15) is 0 Å². The predicted molar refractivity (Wildman–Crippen MR) is 89.1 cm³/mol. The van der Waals surface area contributed by atoms with Gasteiger partial charge in [-0.2, -0.15) is 5.10 Å². The second-order valence-electron chi connectivity index (χ2n) is 7.73. The number of carbonyl (C=O) groups is 1. The second kappa shape index (κ2) is 6.63. The fourth-order valence-electron chi connectivity index (χ4n) is 4.40. The van der Waals surface area contributed by atoms with Crippen molar-refractivity contribution in [3.63, 3.8) is 0 Å². The van der Waals surface area contributed by atoms with Gasteiger partial charge in [-0.25, -0.2) is 0 Å². The van der Waals surface area contributed by atoms with Crippen LogP contribution in [0.1, 0.15) is 55.6 Å². The molecule has 4 atom stereocenters. The predicted octanol–water partition coefficient (Wildman–Crippen LogP) is 2.37. The van der Waals surface area contributed by atoms with Gasteiger partial charge in [0.15, 0.2) is 0 Å². The van der Waals surface area contributed by atoms with Gasteiger partial charge < -0.3 is 10.4 Å². The van der Waals surface area contributed by atoms with Crippen molar-refractivity contribution in [1.82, 2.24) is 15.1 Å². The first-order valence-corrected chi connectivity index (χ1v) is 8.95. The lowest BCUT2D eigenvalue weighted by molar-refractivity contribution is 0.0861. The molecule has 5 heteroatoms. The summed E-state index contributed by atoms with van der Waals surface area (Å²) in [7, 11) is 0. The van der Waals surface area contributed by atoms with E-state index >= 15 is 0 Å². The summed E-state index contributed by atoms with van der Waals surface area (Å²) < 4.78 is 1.93. The Morgan fingerprint density at radius 1 is 1.43 bits per heavy atom. The van der Waals surface area contributed by atoms with Crippen LogP contribution in [0.25, 0.3) is 0 Å². The zero-order valence-electron chi connectivity index (χ0n) is 14.5. The van der Waals surface area contributed by atoms with Gasteiger partial charge in [0.05, 0.1) is 11.8 Å². The van der Waals surface area contributed by atoms with E-state index < -0.39 is 0 Å². The summed E-state index contributed by atoms with van der Waals surface area (Å²) >= 11 is 0. The van der Waals surface area contributed by atoms with E-state index in [4.69, 9.17) is 0 Å². The Morgan fingerprint density at radius 3 is 2.87 bits per heavy atom. The smallest absolute Gasteiger partial charge is 0.254 e. The third-order valence-corrected chi connectivity index (χ3v) is 5.86. The van der Waals surface area contributed by atoms with Gasteiger partial charge in [-0.1, -0.05) is 13.8 Å². The van der Waals surface area contributed by atoms with Crippen molar-refractivity contribution in [2.75, 3.05) is 6.61 Å². The third-order valence-electron chi connectivity index (χ3n) is 5.86. The Balaban J connectivity index is 1.67. The number of aliphatic hydroxyl groups excluding tert-OH is 1.